The topological polar surface area (TPSA) is 84.4 Å². The fourth-order valence-corrected chi connectivity index (χ4v) is 4.03. The predicted octanol–water partition coefficient (Wildman–Crippen LogP) is 4.24. The van der Waals surface area contributed by atoms with E-state index in [1.54, 1.807) is 19.1 Å². The smallest absolute Gasteiger partial charge is 0.340 e. The van der Waals surface area contributed by atoms with Crippen molar-refractivity contribution in [3.63, 3.8) is 0 Å². The summed E-state index contributed by atoms with van der Waals surface area (Å²) in [6.07, 6.45) is 1.60. The van der Waals surface area contributed by atoms with E-state index in [1.807, 2.05) is 24.3 Å². The highest BCUT2D eigenvalue weighted by Gasteiger charge is 2.29. The van der Waals surface area contributed by atoms with Gasteiger partial charge in [-0.2, -0.15) is 0 Å². The molecule has 0 bridgehead atoms. The van der Waals surface area contributed by atoms with E-state index in [4.69, 9.17) is 21.3 Å². The van der Waals surface area contributed by atoms with Crippen molar-refractivity contribution >= 4 is 40.2 Å². The molecule has 7 nitrogen and oxygen atoms in total. The number of likely N-dealkylation sites (N-methyl/N-ethyl adjacent to an activating group) is 1. The fourth-order valence-electron chi connectivity index (χ4n) is 3.92. The molecule has 0 saturated carbocycles. The second-order valence-corrected chi connectivity index (χ2v) is 8.14. The maximum absolute atomic E-state index is 13.4. The molecule has 0 radical (unpaired) electrons. The van der Waals surface area contributed by atoms with Gasteiger partial charge in [-0.05, 0) is 31.2 Å². The maximum atomic E-state index is 13.4. The molecule has 3 heterocycles. The number of para-hydroxylation sites is 1. The minimum Gasteiger partial charge on any atom is -0.449 e. The Labute approximate surface area is 191 Å². The zero-order chi connectivity index (χ0) is 22.7. The van der Waals surface area contributed by atoms with Crippen LogP contribution in [0.3, 0.4) is 0 Å². The van der Waals surface area contributed by atoms with Crippen LogP contribution >= 0.6 is 11.6 Å². The summed E-state index contributed by atoms with van der Waals surface area (Å²) in [5, 5.41) is 3.90. The van der Waals surface area contributed by atoms with Crippen molar-refractivity contribution in [2.45, 2.75) is 39.3 Å². The van der Waals surface area contributed by atoms with Gasteiger partial charge in [0.2, 0.25) is 0 Å². The molecule has 1 aliphatic rings. The number of nitrogens with zero attached hydrogens (tertiary/aromatic N) is 3. The molecule has 166 valence electrons. The molecule has 1 N–H and O–H groups in total. The number of pyridine rings is 2. The number of amides is 1. The van der Waals surface area contributed by atoms with E-state index < -0.39 is 18.0 Å². The van der Waals surface area contributed by atoms with E-state index in [0.717, 1.165) is 41.7 Å². The molecule has 8 heteroatoms. The molecule has 0 aliphatic carbocycles. The maximum Gasteiger partial charge on any atom is 0.340 e. The number of esters is 1. The van der Waals surface area contributed by atoms with E-state index in [-0.39, 0.29) is 0 Å². The van der Waals surface area contributed by atoms with Crippen molar-refractivity contribution in [3.8, 4) is 0 Å². The van der Waals surface area contributed by atoms with Crippen molar-refractivity contribution < 1.29 is 14.3 Å². The van der Waals surface area contributed by atoms with Crippen LogP contribution in [-0.2, 0) is 22.5 Å². The first kappa shape index (κ1) is 22.2. The lowest BCUT2D eigenvalue weighted by Crippen LogP contribution is -2.35. The number of carbonyl (C=O) groups excluding carboxylic acids is 2. The van der Waals surface area contributed by atoms with Gasteiger partial charge in [0.1, 0.15) is 5.82 Å². The van der Waals surface area contributed by atoms with Gasteiger partial charge >= 0.3 is 5.97 Å². The van der Waals surface area contributed by atoms with Gasteiger partial charge in [0.25, 0.3) is 5.91 Å². The molecule has 3 aromatic rings. The van der Waals surface area contributed by atoms with Crippen LogP contribution in [0.25, 0.3) is 10.9 Å². The van der Waals surface area contributed by atoms with Gasteiger partial charge in [-0.3, -0.25) is 14.7 Å². The van der Waals surface area contributed by atoms with Crippen LogP contribution in [0.4, 0.5) is 5.82 Å². The summed E-state index contributed by atoms with van der Waals surface area (Å²) in [5.41, 5.74) is 3.06. The standard InChI is InChI=1S/C24H25ClN4O3/c1-3-20(23(30)28-21-10-9-15(25)13-26-21)32-24(31)22-16-7-5-6-8-18(16)27-19-11-12-29(4-2)14-17(19)22/h5-10,13,20H,3-4,11-12,14H2,1-2H3,(H,26,28,30). The van der Waals surface area contributed by atoms with Crippen LogP contribution < -0.4 is 5.32 Å². The molecular weight excluding hydrogens is 428 g/mol. The van der Waals surface area contributed by atoms with Gasteiger partial charge in [-0.1, -0.05) is 43.6 Å². The Bertz CT molecular complexity index is 1150. The molecule has 1 amide bonds. The summed E-state index contributed by atoms with van der Waals surface area (Å²) in [7, 11) is 0. The zero-order valence-electron chi connectivity index (χ0n) is 18.1. The Hall–Kier alpha value is -3.03. The van der Waals surface area contributed by atoms with Gasteiger partial charge in [-0.15, -0.1) is 0 Å². The van der Waals surface area contributed by atoms with Crippen molar-refractivity contribution in [2.75, 3.05) is 18.4 Å². The van der Waals surface area contributed by atoms with Gasteiger partial charge in [0.15, 0.2) is 6.10 Å². The lowest BCUT2D eigenvalue weighted by molar-refractivity contribution is -0.124. The number of nitrogens with one attached hydrogen (secondary N) is 1. The summed E-state index contributed by atoms with van der Waals surface area (Å²) in [5.74, 6) is -0.596. The number of halogens is 1. The van der Waals surface area contributed by atoms with E-state index in [1.165, 1.54) is 6.20 Å². The van der Waals surface area contributed by atoms with Crippen molar-refractivity contribution in [2.24, 2.45) is 0 Å². The lowest BCUT2D eigenvalue weighted by Gasteiger charge is -2.29. The van der Waals surface area contributed by atoms with Gasteiger partial charge in [0.05, 0.1) is 16.1 Å². The second-order valence-electron chi connectivity index (χ2n) is 7.70. The molecule has 0 fully saturated rings. The molecule has 1 aliphatic heterocycles. The first-order valence-corrected chi connectivity index (χ1v) is 11.1. The number of ether oxygens (including phenoxy) is 1. The van der Waals surface area contributed by atoms with E-state index in [9.17, 15) is 9.59 Å². The molecule has 1 unspecified atom stereocenters. The van der Waals surface area contributed by atoms with Crippen molar-refractivity contribution in [1.29, 1.82) is 0 Å². The minimum atomic E-state index is -0.951. The summed E-state index contributed by atoms with van der Waals surface area (Å²) >= 11 is 5.85. The lowest BCUT2D eigenvalue weighted by atomic mass is 9.95. The average molecular weight is 453 g/mol. The number of carbonyl (C=O) groups is 2. The SMILES string of the molecule is CCC(OC(=O)c1c2c(nc3ccccc13)CCN(CC)C2)C(=O)Nc1ccc(Cl)cn1. The van der Waals surface area contributed by atoms with Gasteiger partial charge < -0.3 is 10.1 Å². The van der Waals surface area contributed by atoms with Crippen molar-refractivity contribution in [3.05, 3.63) is 64.4 Å². The third kappa shape index (κ3) is 4.59. The Balaban J connectivity index is 1.63. The van der Waals surface area contributed by atoms with Gasteiger partial charge in [0, 0.05) is 42.4 Å². The Kier molecular flexibility index (Phi) is 6.67. The van der Waals surface area contributed by atoms with Crippen LogP contribution in [0.1, 0.15) is 41.9 Å². The quantitative estimate of drug-likeness (QED) is 0.563. The highest BCUT2D eigenvalue weighted by molar-refractivity contribution is 6.30. The molecule has 0 spiro atoms. The van der Waals surface area contributed by atoms with Crippen LogP contribution in [-0.4, -0.2) is 45.9 Å². The fraction of sp³-hybridized carbons (Fsp3) is 0.333. The third-order valence-electron chi connectivity index (χ3n) is 5.67. The molecule has 0 saturated heterocycles. The molecule has 32 heavy (non-hydrogen) atoms. The number of hydrogen-bond acceptors (Lipinski definition) is 6. The first-order valence-electron chi connectivity index (χ1n) is 10.8. The summed E-state index contributed by atoms with van der Waals surface area (Å²) in [4.78, 5) is 37.3. The Morgan fingerprint density at radius 3 is 2.75 bits per heavy atom. The molecular formula is C24H25ClN4O3. The molecule has 1 atom stereocenters. The van der Waals surface area contributed by atoms with Crippen LogP contribution in [0, 0.1) is 0 Å². The number of aromatic nitrogens is 2. The molecule has 2 aromatic heterocycles. The minimum absolute atomic E-state index is 0.331. The number of anilines is 1. The highest BCUT2D eigenvalue weighted by atomic mass is 35.5. The van der Waals surface area contributed by atoms with E-state index >= 15 is 0 Å². The summed E-state index contributed by atoms with van der Waals surface area (Å²) < 4.78 is 5.74. The van der Waals surface area contributed by atoms with Crippen LogP contribution in [0.15, 0.2) is 42.6 Å². The highest BCUT2D eigenvalue weighted by Crippen LogP contribution is 2.29. The average Bonchev–Trinajstić information content (AvgIpc) is 2.81. The van der Waals surface area contributed by atoms with Crippen LogP contribution in [0.2, 0.25) is 5.02 Å². The predicted molar refractivity (Wildman–Crippen MR) is 124 cm³/mol. The number of benzene rings is 1. The number of fused-ring (bicyclic) bond motifs is 2. The molecule has 1 aromatic carbocycles. The number of rotatable bonds is 6. The largest absolute Gasteiger partial charge is 0.449 e. The first-order chi connectivity index (χ1) is 15.5. The molecule has 4 rings (SSSR count). The normalized spacial score (nSPS) is 14.6. The summed E-state index contributed by atoms with van der Waals surface area (Å²) in [6, 6.07) is 10.8. The zero-order valence-corrected chi connectivity index (χ0v) is 18.9. The van der Waals surface area contributed by atoms with E-state index in [2.05, 4.69) is 22.1 Å². The summed E-state index contributed by atoms with van der Waals surface area (Å²) in [6.45, 7) is 6.31. The second kappa shape index (κ2) is 9.63. The van der Waals surface area contributed by atoms with Crippen LogP contribution in [0.5, 0.6) is 0 Å². The van der Waals surface area contributed by atoms with Gasteiger partial charge in [-0.25, -0.2) is 9.78 Å². The number of hydrogen-bond donors (Lipinski definition) is 1. The third-order valence-corrected chi connectivity index (χ3v) is 5.89. The van der Waals surface area contributed by atoms with E-state index in [0.29, 0.717) is 29.4 Å². The van der Waals surface area contributed by atoms with Crippen molar-refractivity contribution in [1.82, 2.24) is 14.9 Å². The monoisotopic (exact) mass is 452 g/mol. The Morgan fingerprint density at radius 2 is 2.03 bits per heavy atom. The Morgan fingerprint density at radius 1 is 1.22 bits per heavy atom.